The lowest BCUT2D eigenvalue weighted by Gasteiger charge is -2.22. The number of aromatic hydroxyl groups is 1. The minimum atomic E-state index is -0.599. The van der Waals surface area contributed by atoms with E-state index in [1.54, 1.807) is 12.1 Å². The number of methoxy groups -OCH3 is 1. The van der Waals surface area contributed by atoms with Crippen molar-refractivity contribution in [3.63, 3.8) is 0 Å². The first kappa shape index (κ1) is 13.2. The van der Waals surface area contributed by atoms with Crippen LogP contribution in [0.3, 0.4) is 0 Å². The highest BCUT2D eigenvalue weighted by Gasteiger charge is 2.34. The number of benzene rings is 1. The normalized spacial score (nSPS) is 18.4. The molecule has 1 heterocycles. The van der Waals surface area contributed by atoms with E-state index in [1.807, 2.05) is 0 Å². The zero-order valence-electron chi connectivity index (χ0n) is 10.6. The Hall–Kier alpha value is -2.24. The summed E-state index contributed by atoms with van der Waals surface area (Å²) < 4.78 is 4.96. The smallest absolute Gasteiger partial charge is 0.258 e. The summed E-state index contributed by atoms with van der Waals surface area (Å²) in [4.78, 5) is 25.0. The summed E-state index contributed by atoms with van der Waals surface area (Å²) >= 11 is 0. The average molecular weight is 264 g/mol. The van der Waals surface area contributed by atoms with Gasteiger partial charge in [0.1, 0.15) is 6.04 Å². The standard InChI is InChI=1S/C13H16N2O4/c1-19-10-6-2-4-8(11(10)16)13(18)15-7-3-5-9(15)12(14)17/h2,4,6,9,16H,3,5,7H2,1H3,(H2,14,17). The van der Waals surface area contributed by atoms with E-state index in [1.165, 1.54) is 18.1 Å². The quantitative estimate of drug-likeness (QED) is 0.831. The minimum Gasteiger partial charge on any atom is -0.504 e. The number of primary amides is 1. The second-order valence-electron chi connectivity index (χ2n) is 4.42. The number of nitrogens with two attached hydrogens (primary N) is 1. The van der Waals surface area contributed by atoms with Crippen LogP contribution in [0.5, 0.6) is 11.5 Å². The van der Waals surface area contributed by atoms with E-state index in [2.05, 4.69) is 0 Å². The van der Waals surface area contributed by atoms with Gasteiger partial charge in [-0.3, -0.25) is 9.59 Å². The van der Waals surface area contributed by atoms with Gasteiger partial charge in [0.2, 0.25) is 5.91 Å². The van der Waals surface area contributed by atoms with E-state index in [0.717, 1.165) is 6.42 Å². The first-order valence-electron chi connectivity index (χ1n) is 6.02. The molecule has 0 aliphatic carbocycles. The van der Waals surface area contributed by atoms with Crippen molar-refractivity contribution in [3.05, 3.63) is 23.8 Å². The minimum absolute atomic E-state index is 0.118. The van der Waals surface area contributed by atoms with Crippen molar-refractivity contribution >= 4 is 11.8 Å². The third-order valence-electron chi connectivity index (χ3n) is 3.29. The summed E-state index contributed by atoms with van der Waals surface area (Å²) in [5.41, 5.74) is 5.40. The van der Waals surface area contributed by atoms with E-state index >= 15 is 0 Å². The second kappa shape index (κ2) is 5.17. The first-order valence-corrected chi connectivity index (χ1v) is 6.02. The van der Waals surface area contributed by atoms with E-state index in [-0.39, 0.29) is 17.1 Å². The molecule has 1 aliphatic rings. The number of phenols is 1. The number of phenolic OH excluding ortho intramolecular Hbond substituents is 1. The summed E-state index contributed by atoms with van der Waals surface area (Å²) in [7, 11) is 1.41. The summed E-state index contributed by atoms with van der Waals surface area (Å²) in [6.45, 7) is 0.461. The SMILES string of the molecule is COc1cccc(C(=O)N2CCCC2C(N)=O)c1O. The Kier molecular flexibility index (Phi) is 3.59. The Labute approximate surface area is 110 Å². The van der Waals surface area contributed by atoms with Crippen LogP contribution in [-0.4, -0.2) is 41.5 Å². The maximum absolute atomic E-state index is 12.4. The van der Waals surface area contributed by atoms with E-state index in [9.17, 15) is 14.7 Å². The highest BCUT2D eigenvalue weighted by molar-refractivity contribution is 6.00. The fourth-order valence-electron chi connectivity index (χ4n) is 2.32. The molecule has 1 unspecified atom stereocenters. The van der Waals surface area contributed by atoms with Crippen LogP contribution in [0.2, 0.25) is 0 Å². The average Bonchev–Trinajstić information content (AvgIpc) is 2.87. The van der Waals surface area contributed by atoms with Crippen LogP contribution in [0.4, 0.5) is 0 Å². The van der Waals surface area contributed by atoms with Crippen molar-refractivity contribution in [1.82, 2.24) is 4.90 Å². The Bertz CT molecular complexity index is 515. The molecule has 6 heteroatoms. The molecule has 1 fully saturated rings. The third kappa shape index (κ3) is 2.33. The molecule has 1 aromatic rings. The number of para-hydroxylation sites is 1. The first-order chi connectivity index (χ1) is 9.06. The predicted molar refractivity (Wildman–Crippen MR) is 67.9 cm³/mol. The summed E-state index contributed by atoms with van der Waals surface area (Å²) in [5, 5.41) is 9.96. The third-order valence-corrected chi connectivity index (χ3v) is 3.29. The van der Waals surface area contributed by atoms with Crippen molar-refractivity contribution in [3.8, 4) is 11.5 Å². The van der Waals surface area contributed by atoms with Gasteiger partial charge in [0.25, 0.3) is 5.91 Å². The van der Waals surface area contributed by atoms with Crippen molar-refractivity contribution in [2.45, 2.75) is 18.9 Å². The highest BCUT2D eigenvalue weighted by Crippen LogP contribution is 2.31. The summed E-state index contributed by atoms with van der Waals surface area (Å²) in [5.74, 6) is -0.920. The van der Waals surface area contributed by atoms with Crippen molar-refractivity contribution in [2.24, 2.45) is 5.73 Å². The zero-order valence-corrected chi connectivity index (χ0v) is 10.6. The molecule has 6 nitrogen and oxygen atoms in total. The molecule has 1 aromatic carbocycles. The molecule has 0 saturated carbocycles. The molecular weight excluding hydrogens is 248 g/mol. The molecular formula is C13H16N2O4. The Morgan fingerprint density at radius 1 is 1.47 bits per heavy atom. The van der Waals surface area contributed by atoms with Crippen LogP contribution in [0.25, 0.3) is 0 Å². The number of carbonyl (C=O) groups is 2. The van der Waals surface area contributed by atoms with E-state index in [4.69, 9.17) is 10.5 Å². The Morgan fingerprint density at radius 3 is 2.84 bits per heavy atom. The monoisotopic (exact) mass is 264 g/mol. The second-order valence-corrected chi connectivity index (χ2v) is 4.42. The molecule has 19 heavy (non-hydrogen) atoms. The number of likely N-dealkylation sites (tertiary alicyclic amines) is 1. The maximum atomic E-state index is 12.4. The van der Waals surface area contributed by atoms with Gasteiger partial charge in [0, 0.05) is 6.54 Å². The molecule has 102 valence electrons. The van der Waals surface area contributed by atoms with Gasteiger partial charge in [-0.25, -0.2) is 0 Å². The van der Waals surface area contributed by atoms with Crippen LogP contribution >= 0.6 is 0 Å². The van der Waals surface area contributed by atoms with Crippen molar-refractivity contribution < 1.29 is 19.4 Å². The van der Waals surface area contributed by atoms with Gasteiger partial charge in [-0.2, -0.15) is 0 Å². The summed E-state index contributed by atoms with van der Waals surface area (Å²) in [6.07, 6.45) is 1.29. The molecule has 0 spiro atoms. The summed E-state index contributed by atoms with van der Waals surface area (Å²) in [6, 6.07) is 4.07. The maximum Gasteiger partial charge on any atom is 0.258 e. The lowest BCUT2D eigenvalue weighted by molar-refractivity contribution is -0.121. The number of ether oxygens (including phenoxy) is 1. The zero-order chi connectivity index (χ0) is 14.0. The van der Waals surface area contributed by atoms with Gasteiger partial charge in [-0.05, 0) is 25.0 Å². The molecule has 1 aliphatic heterocycles. The van der Waals surface area contributed by atoms with E-state index < -0.39 is 17.9 Å². The highest BCUT2D eigenvalue weighted by atomic mass is 16.5. The predicted octanol–water partition coefficient (Wildman–Crippen LogP) is 0.491. The number of carbonyl (C=O) groups excluding carboxylic acids is 2. The Balaban J connectivity index is 2.32. The van der Waals surface area contributed by atoms with Gasteiger partial charge < -0.3 is 20.5 Å². The molecule has 1 saturated heterocycles. The largest absolute Gasteiger partial charge is 0.504 e. The van der Waals surface area contributed by atoms with Crippen LogP contribution in [0.15, 0.2) is 18.2 Å². The molecule has 0 aromatic heterocycles. The van der Waals surface area contributed by atoms with Gasteiger partial charge >= 0.3 is 0 Å². The molecule has 1 atom stereocenters. The van der Waals surface area contributed by atoms with Crippen molar-refractivity contribution in [2.75, 3.05) is 13.7 Å². The van der Waals surface area contributed by atoms with E-state index in [0.29, 0.717) is 13.0 Å². The number of nitrogens with zero attached hydrogens (tertiary/aromatic N) is 1. The number of hydrogen-bond donors (Lipinski definition) is 2. The van der Waals surface area contributed by atoms with Crippen LogP contribution in [0, 0.1) is 0 Å². The van der Waals surface area contributed by atoms with Gasteiger partial charge in [-0.15, -0.1) is 0 Å². The fourth-order valence-corrected chi connectivity index (χ4v) is 2.32. The van der Waals surface area contributed by atoms with Crippen LogP contribution < -0.4 is 10.5 Å². The molecule has 2 amide bonds. The Morgan fingerprint density at radius 2 is 2.21 bits per heavy atom. The molecule has 3 N–H and O–H groups in total. The number of amides is 2. The van der Waals surface area contributed by atoms with Gasteiger partial charge in [0.05, 0.1) is 12.7 Å². The molecule has 0 bridgehead atoms. The number of hydrogen-bond acceptors (Lipinski definition) is 4. The molecule has 2 rings (SSSR count). The van der Waals surface area contributed by atoms with Crippen LogP contribution in [-0.2, 0) is 4.79 Å². The van der Waals surface area contributed by atoms with Crippen molar-refractivity contribution in [1.29, 1.82) is 0 Å². The lowest BCUT2D eigenvalue weighted by Crippen LogP contribution is -2.43. The molecule has 0 radical (unpaired) electrons. The van der Waals surface area contributed by atoms with Gasteiger partial charge in [0.15, 0.2) is 11.5 Å². The van der Waals surface area contributed by atoms with Gasteiger partial charge in [-0.1, -0.05) is 6.07 Å². The lowest BCUT2D eigenvalue weighted by atomic mass is 10.1. The van der Waals surface area contributed by atoms with Crippen LogP contribution in [0.1, 0.15) is 23.2 Å². The fraction of sp³-hybridized carbons (Fsp3) is 0.385. The topological polar surface area (TPSA) is 92.9 Å². The number of rotatable bonds is 3.